The van der Waals surface area contributed by atoms with Gasteiger partial charge in [0.25, 0.3) is 0 Å². The molecular formula is C23H28N4O2. The number of rotatable bonds is 9. The number of aryl methyl sites for hydroxylation is 1. The fourth-order valence-corrected chi connectivity index (χ4v) is 3.18. The highest BCUT2D eigenvalue weighted by Gasteiger charge is 2.15. The maximum Gasteiger partial charge on any atom is 0.336 e. The summed E-state index contributed by atoms with van der Waals surface area (Å²) in [6, 6.07) is 10.8. The largest absolute Gasteiger partial charge is 0.478 e. The summed E-state index contributed by atoms with van der Waals surface area (Å²) in [7, 11) is 0. The Kier molecular flexibility index (Phi) is 6.75. The third kappa shape index (κ3) is 4.88. The molecule has 1 atom stereocenters. The molecule has 0 fully saturated rings. The molecular weight excluding hydrogens is 364 g/mol. The van der Waals surface area contributed by atoms with Gasteiger partial charge in [-0.3, -0.25) is 4.98 Å². The van der Waals surface area contributed by atoms with Crippen molar-refractivity contribution in [1.29, 1.82) is 0 Å². The summed E-state index contributed by atoms with van der Waals surface area (Å²) < 4.78 is 1.96. The molecule has 152 valence electrons. The second kappa shape index (κ2) is 9.45. The lowest BCUT2D eigenvalue weighted by atomic mass is 10.0. The molecule has 0 aliphatic rings. The monoisotopic (exact) mass is 392 g/mol. The molecule has 3 aromatic rings. The third-order valence-corrected chi connectivity index (χ3v) is 5.18. The molecule has 0 saturated heterocycles. The fraction of sp³-hybridized carbons (Fsp3) is 0.391. The van der Waals surface area contributed by atoms with Crippen LogP contribution in [0.15, 0.2) is 42.6 Å². The minimum atomic E-state index is -0.939. The summed E-state index contributed by atoms with van der Waals surface area (Å²) in [5.41, 5.74) is 2.61. The van der Waals surface area contributed by atoms with E-state index in [0.717, 1.165) is 48.6 Å². The molecule has 0 bridgehead atoms. The maximum atomic E-state index is 11.5. The molecule has 2 aromatic heterocycles. The summed E-state index contributed by atoms with van der Waals surface area (Å²) in [4.78, 5) is 20.8. The average molecular weight is 393 g/mol. The van der Waals surface area contributed by atoms with Crippen molar-refractivity contribution in [2.45, 2.75) is 58.9 Å². The van der Waals surface area contributed by atoms with Crippen molar-refractivity contribution in [2.24, 2.45) is 0 Å². The van der Waals surface area contributed by atoms with Gasteiger partial charge in [-0.15, -0.1) is 0 Å². The van der Waals surface area contributed by atoms with Crippen molar-refractivity contribution in [2.75, 3.05) is 0 Å². The van der Waals surface area contributed by atoms with Crippen molar-refractivity contribution < 1.29 is 9.90 Å². The smallest absolute Gasteiger partial charge is 0.336 e. The second-order valence-corrected chi connectivity index (χ2v) is 7.35. The van der Waals surface area contributed by atoms with Gasteiger partial charge in [-0.1, -0.05) is 51.5 Å². The van der Waals surface area contributed by atoms with E-state index in [2.05, 4.69) is 25.8 Å². The van der Waals surface area contributed by atoms with Crippen LogP contribution in [0.1, 0.15) is 73.7 Å². The molecule has 6 heteroatoms. The number of unbranched alkanes of at least 4 members (excludes halogenated alkanes) is 1. The Hall–Kier alpha value is -3.02. The molecule has 3 rings (SSSR count). The highest BCUT2D eigenvalue weighted by atomic mass is 16.4. The molecule has 1 aromatic carbocycles. The molecule has 0 aliphatic heterocycles. The topological polar surface area (TPSA) is 80.9 Å². The second-order valence-electron chi connectivity index (χ2n) is 7.35. The van der Waals surface area contributed by atoms with Gasteiger partial charge in [-0.2, -0.15) is 5.10 Å². The molecule has 6 nitrogen and oxygen atoms in total. The number of carbonyl (C=O) groups is 1. The molecule has 0 amide bonds. The summed E-state index contributed by atoms with van der Waals surface area (Å²) in [5, 5.41) is 14.1. The number of carboxylic acids is 1. The van der Waals surface area contributed by atoms with E-state index in [-0.39, 0.29) is 5.56 Å². The van der Waals surface area contributed by atoms with E-state index in [1.54, 1.807) is 24.4 Å². The van der Waals surface area contributed by atoms with Gasteiger partial charge >= 0.3 is 5.97 Å². The minimum Gasteiger partial charge on any atom is -0.478 e. The first kappa shape index (κ1) is 20.7. The van der Waals surface area contributed by atoms with Crippen LogP contribution in [-0.2, 0) is 13.0 Å². The molecule has 1 unspecified atom stereocenters. The zero-order valence-corrected chi connectivity index (χ0v) is 17.3. The van der Waals surface area contributed by atoms with E-state index in [9.17, 15) is 9.90 Å². The van der Waals surface area contributed by atoms with Crippen molar-refractivity contribution in [3.8, 4) is 11.1 Å². The van der Waals surface area contributed by atoms with Crippen molar-refractivity contribution in [3.05, 3.63) is 65.5 Å². The van der Waals surface area contributed by atoms with Gasteiger partial charge in [0, 0.05) is 24.1 Å². The molecule has 0 spiro atoms. The summed E-state index contributed by atoms with van der Waals surface area (Å²) >= 11 is 0. The number of pyridine rings is 1. The van der Waals surface area contributed by atoms with Crippen LogP contribution in [-0.4, -0.2) is 30.8 Å². The standard InChI is InChI=1S/C23H28N4O2/c1-4-6-11-21-25-22(16(3)5-2)26-27(21)15-18-13-12-17(14-24-18)19-9-7-8-10-20(19)23(28)29/h7-10,12-14,16H,4-6,11,15H2,1-3H3,(H,28,29). The van der Waals surface area contributed by atoms with Crippen LogP contribution in [0.5, 0.6) is 0 Å². The summed E-state index contributed by atoms with van der Waals surface area (Å²) in [5.74, 6) is 1.29. The Morgan fingerprint density at radius 2 is 1.97 bits per heavy atom. The average Bonchev–Trinajstić information content (AvgIpc) is 3.14. The zero-order chi connectivity index (χ0) is 20.8. The van der Waals surface area contributed by atoms with Gasteiger partial charge < -0.3 is 5.11 Å². The molecule has 0 aliphatic carbocycles. The normalized spacial score (nSPS) is 12.1. The number of carboxylic acid groups (broad SMARTS) is 1. The van der Waals surface area contributed by atoms with Gasteiger partial charge in [-0.05, 0) is 30.5 Å². The highest BCUT2D eigenvalue weighted by Crippen LogP contribution is 2.23. The SMILES string of the molecule is CCCCc1nc(C(C)CC)nn1Cc1ccc(-c2ccccc2C(=O)O)cn1. The van der Waals surface area contributed by atoms with E-state index < -0.39 is 5.97 Å². The van der Waals surface area contributed by atoms with Crippen LogP contribution in [0.2, 0.25) is 0 Å². The number of nitrogens with zero attached hydrogens (tertiary/aromatic N) is 4. The van der Waals surface area contributed by atoms with Crippen molar-refractivity contribution in [1.82, 2.24) is 19.7 Å². The van der Waals surface area contributed by atoms with Gasteiger partial charge in [-0.25, -0.2) is 14.5 Å². The number of aromatic carboxylic acids is 1. The van der Waals surface area contributed by atoms with E-state index in [0.29, 0.717) is 18.0 Å². The van der Waals surface area contributed by atoms with E-state index in [4.69, 9.17) is 10.1 Å². The Labute approximate surface area is 171 Å². The maximum absolute atomic E-state index is 11.5. The molecule has 0 radical (unpaired) electrons. The first-order valence-electron chi connectivity index (χ1n) is 10.2. The van der Waals surface area contributed by atoms with E-state index in [1.807, 2.05) is 22.9 Å². The zero-order valence-electron chi connectivity index (χ0n) is 17.3. The Bertz CT molecular complexity index is 963. The van der Waals surface area contributed by atoms with Crippen LogP contribution in [0, 0.1) is 0 Å². The van der Waals surface area contributed by atoms with Crippen LogP contribution in [0.25, 0.3) is 11.1 Å². The van der Waals surface area contributed by atoms with Gasteiger partial charge in [0.1, 0.15) is 5.82 Å². The highest BCUT2D eigenvalue weighted by molar-refractivity contribution is 5.95. The van der Waals surface area contributed by atoms with Gasteiger partial charge in [0.05, 0.1) is 17.8 Å². The lowest BCUT2D eigenvalue weighted by Crippen LogP contribution is -2.09. The third-order valence-electron chi connectivity index (χ3n) is 5.18. The first-order chi connectivity index (χ1) is 14.0. The quantitative estimate of drug-likeness (QED) is 0.558. The summed E-state index contributed by atoms with van der Waals surface area (Å²) in [6.45, 7) is 7.03. The minimum absolute atomic E-state index is 0.276. The molecule has 2 heterocycles. The lowest BCUT2D eigenvalue weighted by molar-refractivity contribution is 0.0697. The predicted molar refractivity (Wildman–Crippen MR) is 113 cm³/mol. The lowest BCUT2D eigenvalue weighted by Gasteiger charge is -2.08. The van der Waals surface area contributed by atoms with E-state index in [1.165, 1.54) is 0 Å². The molecule has 29 heavy (non-hydrogen) atoms. The van der Waals surface area contributed by atoms with Gasteiger partial charge in [0.15, 0.2) is 5.82 Å². The Balaban J connectivity index is 1.84. The van der Waals surface area contributed by atoms with E-state index >= 15 is 0 Å². The van der Waals surface area contributed by atoms with Crippen LogP contribution >= 0.6 is 0 Å². The number of benzene rings is 1. The predicted octanol–water partition coefficient (Wildman–Crippen LogP) is 4.94. The first-order valence-corrected chi connectivity index (χ1v) is 10.2. The Morgan fingerprint density at radius 1 is 1.17 bits per heavy atom. The molecule has 1 N–H and O–H groups in total. The summed E-state index contributed by atoms with van der Waals surface area (Å²) in [6.07, 6.45) is 5.84. The number of aromatic nitrogens is 4. The van der Waals surface area contributed by atoms with Crippen molar-refractivity contribution >= 4 is 5.97 Å². The van der Waals surface area contributed by atoms with Crippen molar-refractivity contribution in [3.63, 3.8) is 0 Å². The van der Waals surface area contributed by atoms with Crippen LogP contribution in [0.4, 0.5) is 0 Å². The fourth-order valence-electron chi connectivity index (χ4n) is 3.18. The number of hydrogen-bond acceptors (Lipinski definition) is 4. The van der Waals surface area contributed by atoms with Crippen LogP contribution in [0.3, 0.4) is 0 Å². The number of hydrogen-bond donors (Lipinski definition) is 1. The van der Waals surface area contributed by atoms with Gasteiger partial charge in [0.2, 0.25) is 0 Å². The Morgan fingerprint density at radius 3 is 2.62 bits per heavy atom. The molecule has 0 saturated carbocycles. The van der Waals surface area contributed by atoms with Crippen LogP contribution < -0.4 is 0 Å².